The molecular formula is C19H16INO4S. The Morgan fingerprint density at radius 1 is 1.08 bits per heavy atom. The van der Waals surface area contributed by atoms with Crippen LogP contribution in [0.5, 0.6) is 11.5 Å². The van der Waals surface area contributed by atoms with Gasteiger partial charge in [-0.3, -0.25) is 14.5 Å². The standard InChI is InChI=1S/C19H16INO4S/c1-24-15-8-5-13(16(10-15)25-2)9-17-18(22)21(19(23)26-17)11-12-3-6-14(20)7-4-12/h3-10H,11H2,1-2H3/b17-9+. The lowest BCUT2D eigenvalue weighted by atomic mass is 10.1. The van der Waals surface area contributed by atoms with Crippen molar-refractivity contribution in [3.8, 4) is 11.5 Å². The number of rotatable bonds is 5. The van der Waals surface area contributed by atoms with E-state index in [2.05, 4.69) is 22.6 Å². The maximum absolute atomic E-state index is 12.7. The van der Waals surface area contributed by atoms with Crippen molar-refractivity contribution in [1.82, 2.24) is 4.90 Å². The number of ether oxygens (including phenoxy) is 2. The van der Waals surface area contributed by atoms with Crippen molar-refractivity contribution in [1.29, 1.82) is 0 Å². The molecule has 1 heterocycles. The number of amides is 2. The highest BCUT2D eigenvalue weighted by molar-refractivity contribution is 14.1. The molecule has 7 heteroatoms. The van der Waals surface area contributed by atoms with Gasteiger partial charge in [0.25, 0.3) is 11.1 Å². The summed E-state index contributed by atoms with van der Waals surface area (Å²) in [5.74, 6) is 0.941. The molecule has 2 amide bonds. The maximum atomic E-state index is 12.7. The van der Waals surface area contributed by atoms with Crippen LogP contribution in [0.15, 0.2) is 47.4 Å². The molecule has 134 valence electrons. The molecule has 0 N–H and O–H groups in total. The Labute approximate surface area is 169 Å². The first kappa shape index (κ1) is 18.8. The minimum atomic E-state index is -0.295. The Morgan fingerprint density at radius 2 is 1.81 bits per heavy atom. The van der Waals surface area contributed by atoms with Crippen molar-refractivity contribution >= 4 is 51.6 Å². The van der Waals surface area contributed by atoms with Gasteiger partial charge in [-0.15, -0.1) is 0 Å². The van der Waals surface area contributed by atoms with E-state index < -0.39 is 0 Å². The third kappa shape index (κ3) is 4.04. The molecule has 0 radical (unpaired) electrons. The Hall–Kier alpha value is -2.00. The van der Waals surface area contributed by atoms with E-state index in [4.69, 9.17) is 9.47 Å². The molecule has 2 aromatic rings. The van der Waals surface area contributed by atoms with E-state index >= 15 is 0 Å². The van der Waals surface area contributed by atoms with Crippen molar-refractivity contribution in [3.63, 3.8) is 0 Å². The first-order valence-corrected chi connectivity index (χ1v) is 9.63. The van der Waals surface area contributed by atoms with E-state index in [1.54, 1.807) is 38.5 Å². The summed E-state index contributed by atoms with van der Waals surface area (Å²) in [6.07, 6.45) is 1.68. The monoisotopic (exact) mass is 481 g/mol. The van der Waals surface area contributed by atoms with E-state index in [0.717, 1.165) is 20.9 Å². The van der Waals surface area contributed by atoms with Crippen molar-refractivity contribution < 1.29 is 19.1 Å². The van der Waals surface area contributed by atoms with Crippen LogP contribution in [0.4, 0.5) is 4.79 Å². The predicted octanol–water partition coefficient (Wildman–Crippen LogP) is 4.54. The zero-order chi connectivity index (χ0) is 18.7. The summed E-state index contributed by atoms with van der Waals surface area (Å²) < 4.78 is 11.6. The van der Waals surface area contributed by atoms with Crippen LogP contribution in [0.25, 0.3) is 6.08 Å². The summed E-state index contributed by atoms with van der Waals surface area (Å²) in [4.78, 5) is 26.6. The number of methoxy groups -OCH3 is 2. The van der Waals surface area contributed by atoms with Crippen molar-refractivity contribution in [2.24, 2.45) is 0 Å². The number of halogens is 1. The summed E-state index contributed by atoms with van der Waals surface area (Å²) in [6, 6.07) is 13.1. The molecule has 0 saturated carbocycles. The number of carbonyl (C=O) groups is 2. The van der Waals surface area contributed by atoms with Gasteiger partial charge >= 0.3 is 0 Å². The fraction of sp³-hybridized carbons (Fsp3) is 0.158. The molecule has 1 aliphatic rings. The highest BCUT2D eigenvalue weighted by Crippen LogP contribution is 2.35. The quantitative estimate of drug-likeness (QED) is 0.464. The molecule has 1 aliphatic heterocycles. The normalized spacial score (nSPS) is 15.7. The van der Waals surface area contributed by atoms with Crippen LogP contribution >= 0.6 is 34.4 Å². The van der Waals surface area contributed by atoms with E-state index in [1.165, 1.54) is 4.90 Å². The van der Waals surface area contributed by atoms with Gasteiger partial charge in [-0.1, -0.05) is 12.1 Å². The van der Waals surface area contributed by atoms with E-state index in [9.17, 15) is 9.59 Å². The second-order valence-electron chi connectivity index (χ2n) is 5.50. The largest absolute Gasteiger partial charge is 0.497 e. The summed E-state index contributed by atoms with van der Waals surface area (Å²) >= 11 is 3.15. The highest BCUT2D eigenvalue weighted by atomic mass is 127. The van der Waals surface area contributed by atoms with Gasteiger partial charge in [-0.05, 0) is 70.3 Å². The van der Waals surface area contributed by atoms with Crippen LogP contribution < -0.4 is 9.47 Å². The number of nitrogens with zero attached hydrogens (tertiary/aromatic N) is 1. The summed E-state index contributed by atoms with van der Waals surface area (Å²) in [7, 11) is 3.12. The number of hydrogen-bond acceptors (Lipinski definition) is 5. The number of hydrogen-bond donors (Lipinski definition) is 0. The lowest BCUT2D eigenvalue weighted by Gasteiger charge is -2.12. The van der Waals surface area contributed by atoms with Gasteiger partial charge in [0.1, 0.15) is 11.5 Å². The zero-order valence-corrected chi connectivity index (χ0v) is 17.2. The van der Waals surface area contributed by atoms with Crippen LogP contribution in [0, 0.1) is 3.57 Å². The average molecular weight is 481 g/mol. The lowest BCUT2D eigenvalue weighted by Crippen LogP contribution is -2.27. The molecule has 3 rings (SSSR count). The van der Waals surface area contributed by atoms with Gasteiger partial charge in [0.15, 0.2) is 0 Å². The van der Waals surface area contributed by atoms with Gasteiger partial charge in [-0.2, -0.15) is 0 Å². The Bertz CT molecular complexity index is 880. The van der Waals surface area contributed by atoms with Crippen LogP contribution in [-0.2, 0) is 11.3 Å². The SMILES string of the molecule is COc1ccc(/C=C2/SC(=O)N(Cc3ccc(I)cc3)C2=O)c(OC)c1. The molecule has 0 spiro atoms. The maximum Gasteiger partial charge on any atom is 0.293 e. The van der Waals surface area contributed by atoms with E-state index in [-0.39, 0.29) is 17.7 Å². The molecule has 0 aliphatic carbocycles. The second kappa shape index (κ2) is 8.13. The third-order valence-electron chi connectivity index (χ3n) is 3.85. The third-order valence-corrected chi connectivity index (χ3v) is 5.48. The number of benzene rings is 2. The van der Waals surface area contributed by atoms with Crippen LogP contribution in [0.2, 0.25) is 0 Å². The molecule has 1 fully saturated rings. The van der Waals surface area contributed by atoms with Crippen LogP contribution in [0.3, 0.4) is 0 Å². The Balaban J connectivity index is 1.84. The number of imide groups is 1. The summed E-state index contributed by atoms with van der Waals surface area (Å²) in [5, 5.41) is -0.271. The Morgan fingerprint density at radius 3 is 2.46 bits per heavy atom. The van der Waals surface area contributed by atoms with Gasteiger partial charge in [0, 0.05) is 15.2 Å². The van der Waals surface area contributed by atoms with Crippen molar-refractivity contribution in [3.05, 3.63) is 62.1 Å². The topological polar surface area (TPSA) is 55.8 Å². The minimum absolute atomic E-state index is 0.263. The van der Waals surface area contributed by atoms with Crippen molar-refractivity contribution in [2.45, 2.75) is 6.54 Å². The average Bonchev–Trinajstić information content (AvgIpc) is 2.91. The molecule has 0 aromatic heterocycles. The molecule has 0 bridgehead atoms. The molecule has 2 aromatic carbocycles. The molecule has 1 saturated heterocycles. The predicted molar refractivity (Wildman–Crippen MR) is 110 cm³/mol. The van der Waals surface area contributed by atoms with Gasteiger partial charge < -0.3 is 9.47 Å². The molecule has 0 unspecified atom stereocenters. The highest BCUT2D eigenvalue weighted by Gasteiger charge is 2.35. The smallest absolute Gasteiger partial charge is 0.293 e. The minimum Gasteiger partial charge on any atom is -0.497 e. The second-order valence-corrected chi connectivity index (χ2v) is 7.74. The van der Waals surface area contributed by atoms with Gasteiger partial charge in [-0.25, -0.2) is 0 Å². The van der Waals surface area contributed by atoms with Crippen LogP contribution in [-0.4, -0.2) is 30.3 Å². The fourth-order valence-electron chi connectivity index (χ4n) is 2.49. The zero-order valence-electron chi connectivity index (χ0n) is 14.2. The molecule has 0 atom stereocenters. The Kier molecular flexibility index (Phi) is 5.87. The van der Waals surface area contributed by atoms with E-state index in [1.807, 2.05) is 24.3 Å². The first-order valence-electron chi connectivity index (χ1n) is 7.73. The lowest BCUT2D eigenvalue weighted by molar-refractivity contribution is -0.123. The van der Waals surface area contributed by atoms with Gasteiger partial charge in [0.05, 0.1) is 25.7 Å². The van der Waals surface area contributed by atoms with Crippen LogP contribution in [0.1, 0.15) is 11.1 Å². The molecule has 5 nitrogen and oxygen atoms in total. The fourth-order valence-corrected chi connectivity index (χ4v) is 3.68. The molecule has 26 heavy (non-hydrogen) atoms. The summed E-state index contributed by atoms with van der Waals surface area (Å²) in [6.45, 7) is 0.263. The number of carbonyl (C=O) groups excluding carboxylic acids is 2. The molecular weight excluding hydrogens is 465 g/mol. The number of thioether (sulfide) groups is 1. The van der Waals surface area contributed by atoms with Crippen molar-refractivity contribution in [2.75, 3.05) is 14.2 Å². The summed E-state index contributed by atoms with van der Waals surface area (Å²) in [5.41, 5.74) is 1.63. The first-order chi connectivity index (χ1) is 12.5. The van der Waals surface area contributed by atoms with E-state index in [0.29, 0.717) is 22.0 Å². The van der Waals surface area contributed by atoms with Gasteiger partial charge in [0.2, 0.25) is 0 Å².